The summed E-state index contributed by atoms with van der Waals surface area (Å²) in [6, 6.07) is 12.2. The van der Waals surface area contributed by atoms with Gasteiger partial charge in [-0.15, -0.1) is 11.3 Å². The first kappa shape index (κ1) is 26.5. The second kappa shape index (κ2) is 10.8. The number of thiophene rings is 1. The number of nitrogens with zero attached hydrogens (tertiary/aromatic N) is 2. The molecule has 3 heterocycles. The van der Waals surface area contributed by atoms with Gasteiger partial charge in [-0.25, -0.2) is 4.98 Å². The maximum absolute atomic E-state index is 13.2. The van der Waals surface area contributed by atoms with E-state index >= 15 is 0 Å². The number of halogens is 2. The third-order valence-electron chi connectivity index (χ3n) is 5.79. The standard InChI is InChI=1S/C26H28F2N4O4S/c1-15(17-8-7-16(10-19(17)36-25(27)28)12-31-26(2,3)14-33)35-20-11-21(37-23(20)24(29)34)18-13-30-22-6-4-5-9-32(18)22/h4-11,13,15,25,31,33H,12,14H2,1-3H3,(H2,29,34)/t15-/m1/s1. The number of amides is 1. The zero-order valence-electron chi connectivity index (χ0n) is 20.6. The molecule has 8 nitrogen and oxygen atoms in total. The molecule has 1 aromatic carbocycles. The predicted molar refractivity (Wildman–Crippen MR) is 137 cm³/mol. The Labute approximate surface area is 216 Å². The molecule has 0 radical (unpaired) electrons. The molecule has 0 bridgehead atoms. The summed E-state index contributed by atoms with van der Waals surface area (Å²) in [6.45, 7) is 2.54. The van der Waals surface area contributed by atoms with Crippen LogP contribution in [-0.4, -0.2) is 39.2 Å². The maximum atomic E-state index is 13.2. The minimum atomic E-state index is -3.04. The van der Waals surface area contributed by atoms with Crippen molar-refractivity contribution in [3.05, 3.63) is 70.9 Å². The molecule has 0 fully saturated rings. The fraction of sp³-hybridized carbons (Fsp3) is 0.308. The normalized spacial score (nSPS) is 12.7. The Hall–Kier alpha value is -3.54. The molecule has 3 aromatic heterocycles. The molecular weight excluding hydrogens is 502 g/mol. The fourth-order valence-electron chi connectivity index (χ4n) is 3.75. The van der Waals surface area contributed by atoms with Crippen molar-refractivity contribution in [2.24, 2.45) is 5.73 Å². The topological polar surface area (TPSA) is 111 Å². The molecule has 0 saturated carbocycles. The van der Waals surface area contributed by atoms with Crippen LogP contribution in [0.15, 0.2) is 54.9 Å². The summed E-state index contributed by atoms with van der Waals surface area (Å²) in [5, 5.41) is 12.6. The van der Waals surface area contributed by atoms with Gasteiger partial charge < -0.3 is 25.6 Å². The third kappa shape index (κ3) is 6.07. The van der Waals surface area contributed by atoms with Crippen molar-refractivity contribution in [2.75, 3.05) is 6.61 Å². The first-order chi connectivity index (χ1) is 17.6. The Morgan fingerprint density at radius 1 is 1.22 bits per heavy atom. The number of carbonyl (C=O) groups is 1. The largest absolute Gasteiger partial charge is 0.484 e. The molecule has 4 rings (SSSR count). The van der Waals surface area contributed by atoms with Crippen LogP contribution < -0.4 is 20.5 Å². The molecule has 37 heavy (non-hydrogen) atoms. The van der Waals surface area contributed by atoms with Gasteiger partial charge in [0.25, 0.3) is 5.91 Å². The number of aliphatic hydroxyl groups excluding tert-OH is 1. The van der Waals surface area contributed by atoms with Crippen molar-refractivity contribution in [3.63, 3.8) is 0 Å². The number of benzene rings is 1. The Balaban J connectivity index is 1.63. The van der Waals surface area contributed by atoms with Crippen molar-refractivity contribution in [1.29, 1.82) is 0 Å². The number of hydrogen-bond donors (Lipinski definition) is 3. The summed E-state index contributed by atoms with van der Waals surface area (Å²) in [6.07, 6.45) is 2.81. The van der Waals surface area contributed by atoms with Crippen LogP contribution in [0.1, 0.15) is 47.7 Å². The molecule has 196 valence electrons. The molecule has 4 aromatic rings. The quantitative estimate of drug-likeness (QED) is 0.258. The molecule has 0 aliphatic carbocycles. The van der Waals surface area contributed by atoms with Crippen LogP contribution in [0.3, 0.4) is 0 Å². The lowest BCUT2D eigenvalue weighted by Crippen LogP contribution is -2.42. The minimum absolute atomic E-state index is 0.0403. The van der Waals surface area contributed by atoms with Crippen LogP contribution in [0.2, 0.25) is 0 Å². The van der Waals surface area contributed by atoms with Crippen LogP contribution >= 0.6 is 11.3 Å². The second-order valence-electron chi connectivity index (χ2n) is 9.15. The number of nitrogens with two attached hydrogens (primary N) is 1. The highest BCUT2D eigenvalue weighted by Gasteiger charge is 2.23. The number of hydrogen-bond acceptors (Lipinski definition) is 7. The van der Waals surface area contributed by atoms with Crippen LogP contribution in [0, 0.1) is 0 Å². The Morgan fingerprint density at radius 3 is 2.70 bits per heavy atom. The van der Waals surface area contributed by atoms with E-state index in [1.165, 1.54) is 17.4 Å². The first-order valence-corrected chi connectivity index (χ1v) is 12.4. The molecule has 0 unspecified atom stereocenters. The number of aliphatic hydroxyl groups is 1. The molecule has 0 aliphatic heterocycles. The van der Waals surface area contributed by atoms with Gasteiger partial charge in [0.1, 0.15) is 28.1 Å². The van der Waals surface area contributed by atoms with E-state index in [0.29, 0.717) is 22.5 Å². The lowest BCUT2D eigenvalue weighted by molar-refractivity contribution is -0.0513. The number of aromatic nitrogens is 2. The van der Waals surface area contributed by atoms with Gasteiger partial charge in [-0.05, 0) is 44.5 Å². The Morgan fingerprint density at radius 2 is 2.00 bits per heavy atom. The van der Waals surface area contributed by atoms with Crippen molar-refractivity contribution in [3.8, 4) is 22.1 Å². The number of imidazole rings is 1. The maximum Gasteiger partial charge on any atom is 0.387 e. The number of pyridine rings is 1. The lowest BCUT2D eigenvalue weighted by atomic mass is 10.0. The smallest absolute Gasteiger partial charge is 0.387 e. The predicted octanol–water partition coefficient (Wildman–Crippen LogP) is 4.76. The third-order valence-corrected chi connectivity index (χ3v) is 6.95. The number of fused-ring (bicyclic) bond motifs is 1. The highest BCUT2D eigenvalue weighted by Crippen LogP contribution is 2.39. The molecule has 0 aliphatic rings. The van der Waals surface area contributed by atoms with Crippen molar-refractivity contribution in [1.82, 2.24) is 14.7 Å². The number of primary amides is 1. The SMILES string of the molecule is C[C@@H](Oc1cc(-c2cnc3ccccn23)sc1C(N)=O)c1ccc(CNC(C)(C)CO)cc1OC(F)F. The molecule has 0 saturated heterocycles. The average molecular weight is 531 g/mol. The van der Waals surface area contributed by atoms with Crippen molar-refractivity contribution >= 4 is 22.9 Å². The van der Waals surface area contributed by atoms with E-state index in [4.69, 9.17) is 15.2 Å². The van der Waals surface area contributed by atoms with Crippen LogP contribution in [0.25, 0.3) is 16.2 Å². The lowest BCUT2D eigenvalue weighted by Gasteiger charge is -2.24. The van der Waals surface area contributed by atoms with E-state index in [9.17, 15) is 18.7 Å². The van der Waals surface area contributed by atoms with Gasteiger partial charge in [0.05, 0.1) is 23.4 Å². The summed E-state index contributed by atoms with van der Waals surface area (Å²) < 4.78 is 39.2. The van der Waals surface area contributed by atoms with E-state index in [2.05, 4.69) is 10.3 Å². The number of carbonyl (C=O) groups excluding carboxylic acids is 1. The molecule has 11 heteroatoms. The van der Waals surface area contributed by atoms with Gasteiger partial charge in [0, 0.05) is 29.9 Å². The van der Waals surface area contributed by atoms with E-state index in [-0.39, 0.29) is 23.0 Å². The number of rotatable bonds is 11. The molecule has 4 N–H and O–H groups in total. The highest BCUT2D eigenvalue weighted by molar-refractivity contribution is 7.17. The van der Waals surface area contributed by atoms with Gasteiger partial charge in [-0.3, -0.25) is 9.20 Å². The zero-order chi connectivity index (χ0) is 26.7. The molecule has 1 amide bonds. The number of ether oxygens (including phenoxy) is 2. The molecule has 1 atom stereocenters. The number of alkyl halides is 2. The second-order valence-corrected chi connectivity index (χ2v) is 10.2. The van der Waals surface area contributed by atoms with E-state index < -0.39 is 24.2 Å². The minimum Gasteiger partial charge on any atom is -0.484 e. The molecular formula is C26H28F2N4O4S. The van der Waals surface area contributed by atoms with Crippen molar-refractivity contribution < 1.29 is 28.2 Å². The van der Waals surface area contributed by atoms with Gasteiger partial charge in [0.2, 0.25) is 0 Å². The zero-order valence-corrected chi connectivity index (χ0v) is 21.4. The van der Waals surface area contributed by atoms with Crippen LogP contribution in [0.4, 0.5) is 8.78 Å². The summed E-state index contributed by atoms with van der Waals surface area (Å²) in [7, 11) is 0. The van der Waals surface area contributed by atoms with Gasteiger partial charge in [-0.2, -0.15) is 8.78 Å². The first-order valence-electron chi connectivity index (χ1n) is 11.5. The van der Waals surface area contributed by atoms with Gasteiger partial charge in [-0.1, -0.05) is 18.2 Å². The monoisotopic (exact) mass is 530 g/mol. The summed E-state index contributed by atoms with van der Waals surface area (Å²) >= 11 is 1.17. The van der Waals surface area contributed by atoms with Crippen molar-refractivity contribution in [2.45, 2.75) is 45.6 Å². The van der Waals surface area contributed by atoms with E-state index in [0.717, 1.165) is 11.3 Å². The van der Waals surface area contributed by atoms with E-state index in [1.54, 1.807) is 31.3 Å². The van der Waals surface area contributed by atoms with Crippen LogP contribution in [-0.2, 0) is 6.54 Å². The van der Waals surface area contributed by atoms with Crippen LogP contribution in [0.5, 0.6) is 11.5 Å². The molecule has 0 spiro atoms. The summed E-state index contributed by atoms with van der Waals surface area (Å²) in [5.41, 5.74) is 7.66. The number of nitrogens with one attached hydrogen (secondary N) is 1. The van der Waals surface area contributed by atoms with Gasteiger partial charge >= 0.3 is 6.61 Å². The Bertz CT molecular complexity index is 1400. The van der Waals surface area contributed by atoms with Gasteiger partial charge in [0.15, 0.2) is 0 Å². The van der Waals surface area contributed by atoms with E-state index in [1.807, 2.05) is 42.6 Å². The fourth-order valence-corrected chi connectivity index (χ4v) is 4.70. The summed E-state index contributed by atoms with van der Waals surface area (Å²) in [4.78, 5) is 17.5. The summed E-state index contributed by atoms with van der Waals surface area (Å²) in [5.74, 6) is -0.463. The Kier molecular flexibility index (Phi) is 7.76. The average Bonchev–Trinajstić information content (AvgIpc) is 3.47. The highest BCUT2D eigenvalue weighted by atomic mass is 32.1.